The van der Waals surface area contributed by atoms with Gasteiger partial charge in [0.25, 0.3) is 0 Å². The quantitative estimate of drug-likeness (QED) is 0.798. The van der Waals surface area contributed by atoms with Crippen molar-refractivity contribution in [2.45, 2.75) is 69.9 Å². The van der Waals surface area contributed by atoms with Crippen molar-refractivity contribution in [3.05, 3.63) is 0 Å². The van der Waals surface area contributed by atoms with Gasteiger partial charge in [-0.2, -0.15) is 0 Å². The Labute approximate surface area is 122 Å². The molecule has 4 fully saturated rings. The van der Waals surface area contributed by atoms with E-state index in [-0.39, 0.29) is 6.04 Å². The van der Waals surface area contributed by atoms with Gasteiger partial charge >= 0.3 is 0 Å². The molecule has 0 aromatic carbocycles. The van der Waals surface area contributed by atoms with Crippen LogP contribution in [0.1, 0.15) is 57.8 Å². The summed E-state index contributed by atoms with van der Waals surface area (Å²) in [5.41, 5.74) is 0. The van der Waals surface area contributed by atoms with E-state index in [1.54, 1.807) is 0 Å². The second kappa shape index (κ2) is 5.32. The summed E-state index contributed by atoms with van der Waals surface area (Å²) < 4.78 is 0. The Bertz CT molecular complexity index is 321. The first-order chi connectivity index (χ1) is 9.81. The van der Waals surface area contributed by atoms with Crippen molar-refractivity contribution >= 4 is 5.91 Å². The Hall–Kier alpha value is -0.570. The molecule has 3 heteroatoms. The van der Waals surface area contributed by atoms with E-state index in [1.165, 1.54) is 51.4 Å². The fourth-order valence-corrected chi connectivity index (χ4v) is 5.32. The number of rotatable bonds is 1. The van der Waals surface area contributed by atoms with Crippen LogP contribution in [0.4, 0.5) is 0 Å². The maximum Gasteiger partial charge on any atom is 0.239 e. The normalized spacial score (nSPS) is 44.2. The maximum atomic E-state index is 12.8. The molecule has 4 rings (SSSR count). The number of hydrogen-bond donors (Lipinski definition) is 1. The van der Waals surface area contributed by atoms with E-state index in [2.05, 4.69) is 10.2 Å². The summed E-state index contributed by atoms with van der Waals surface area (Å²) in [7, 11) is 0. The van der Waals surface area contributed by atoms with Crippen molar-refractivity contribution in [2.75, 3.05) is 13.1 Å². The van der Waals surface area contributed by atoms with Crippen molar-refractivity contribution in [3.63, 3.8) is 0 Å². The first-order valence-corrected chi connectivity index (χ1v) is 8.86. The number of hydrogen-bond acceptors (Lipinski definition) is 2. The Morgan fingerprint density at radius 2 is 1.45 bits per heavy atom. The molecular formula is C17H28N2O. The zero-order valence-electron chi connectivity index (χ0n) is 12.5. The molecule has 5 atom stereocenters. The first-order valence-electron chi connectivity index (χ1n) is 8.86. The van der Waals surface area contributed by atoms with Crippen molar-refractivity contribution in [1.29, 1.82) is 0 Å². The van der Waals surface area contributed by atoms with E-state index in [4.69, 9.17) is 0 Å². The number of carbonyl (C=O) groups is 1. The smallest absolute Gasteiger partial charge is 0.239 e. The summed E-state index contributed by atoms with van der Waals surface area (Å²) in [6, 6.07) is 0.783. The molecule has 0 aromatic rings. The standard InChI is InChI=1S/C17H28N2O/c20-17(16-9-12-5-3-4-8-15(12)18-16)19-10-13-6-1-2-7-14(13)11-19/h12-16,18H,1-11H2. The molecule has 1 amide bonds. The van der Waals surface area contributed by atoms with Gasteiger partial charge in [0.1, 0.15) is 0 Å². The van der Waals surface area contributed by atoms with Gasteiger partial charge in [-0.3, -0.25) is 4.79 Å². The predicted molar refractivity (Wildman–Crippen MR) is 79.3 cm³/mol. The van der Waals surface area contributed by atoms with Gasteiger partial charge < -0.3 is 10.2 Å². The van der Waals surface area contributed by atoms with Crippen LogP contribution in [0.3, 0.4) is 0 Å². The van der Waals surface area contributed by atoms with Crippen molar-refractivity contribution in [1.82, 2.24) is 10.2 Å². The van der Waals surface area contributed by atoms with Gasteiger partial charge in [-0.1, -0.05) is 25.7 Å². The van der Waals surface area contributed by atoms with Crippen LogP contribution < -0.4 is 5.32 Å². The Kier molecular flexibility index (Phi) is 3.49. The highest BCUT2D eigenvalue weighted by molar-refractivity contribution is 5.82. The van der Waals surface area contributed by atoms with Crippen molar-refractivity contribution in [2.24, 2.45) is 17.8 Å². The average molecular weight is 276 g/mol. The summed E-state index contributed by atoms with van der Waals surface area (Å²) in [5.74, 6) is 2.84. The number of nitrogens with one attached hydrogen (secondary N) is 1. The third-order valence-electron chi connectivity index (χ3n) is 6.45. The van der Waals surface area contributed by atoms with Gasteiger partial charge in [-0.25, -0.2) is 0 Å². The highest BCUT2D eigenvalue weighted by Gasteiger charge is 2.43. The first kappa shape index (κ1) is 13.1. The number of nitrogens with zero attached hydrogens (tertiary/aromatic N) is 1. The summed E-state index contributed by atoms with van der Waals surface area (Å²) in [5, 5.41) is 3.66. The van der Waals surface area contributed by atoms with Crippen LogP contribution in [-0.4, -0.2) is 36.0 Å². The molecule has 4 aliphatic rings. The molecule has 1 N–H and O–H groups in total. The molecule has 2 heterocycles. The van der Waals surface area contributed by atoms with Crippen LogP contribution in [0.5, 0.6) is 0 Å². The van der Waals surface area contributed by atoms with Gasteiger partial charge in [-0.05, 0) is 49.9 Å². The number of amides is 1. The van der Waals surface area contributed by atoms with E-state index in [9.17, 15) is 4.79 Å². The van der Waals surface area contributed by atoms with E-state index >= 15 is 0 Å². The van der Waals surface area contributed by atoms with Gasteiger partial charge in [0, 0.05) is 19.1 Å². The molecule has 2 saturated carbocycles. The fraction of sp³-hybridized carbons (Fsp3) is 0.941. The molecule has 112 valence electrons. The van der Waals surface area contributed by atoms with Crippen LogP contribution in [0.25, 0.3) is 0 Å². The molecule has 5 unspecified atom stereocenters. The number of carbonyl (C=O) groups excluding carboxylic acids is 1. The average Bonchev–Trinajstić information content (AvgIpc) is 3.10. The zero-order chi connectivity index (χ0) is 13.5. The second-order valence-corrected chi connectivity index (χ2v) is 7.65. The van der Waals surface area contributed by atoms with E-state index in [0.717, 1.165) is 37.3 Å². The lowest BCUT2D eigenvalue weighted by atomic mass is 9.82. The maximum absolute atomic E-state index is 12.8. The number of fused-ring (bicyclic) bond motifs is 2. The van der Waals surface area contributed by atoms with E-state index < -0.39 is 0 Å². The molecule has 2 aliphatic heterocycles. The molecule has 0 spiro atoms. The Morgan fingerprint density at radius 1 is 0.850 bits per heavy atom. The molecule has 2 aliphatic carbocycles. The lowest BCUT2D eigenvalue weighted by Gasteiger charge is -2.24. The molecule has 0 radical (unpaired) electrons. The minimum Gasteiger partial charge on any atom is -0.341 e. The van der Waals surface area contributed by atoms with Crippen LogP contribution in [-0.2, 0) is 4.79 Å². The van der Waals surface area contributed by atoms with Gasteiger partial charge in [-0.15, -0.1) is 0 Å². The number of likely N-dealkylation sites (tertiary alicyclic amines) is 1. The molecule has 20 heavy (non-hydrogen) atoms. The second-order valence-electron chi connectivity index (χ2n) is 7.65. The molecular weight excluding hydrogens is 248 g/mol. The van der Waals surface area contributed by atoms with Crippen LogP contribution >= 0.6 is 0 Å². The monoisotopic (exact) mass is 276 g/mol. The summed E-state index contributed by atoms with van der Waals surface area (Å²) in [6.45, 7) is 2.11. The zero-order valence-corrected chi connectivity index (χ0v) is 12.5. The minimum absolute atomic E-state index is 0.142. The predicted octanol–water partition coefficient (Wildman–Crippen LogP) is 2.56. The van der Waals surface area contributed by atoms with Crippen molar-refractivity contribution in [3.8, 4) is 0 Å². The topological polar surface area (TPSA) is 32.3 Å². The lowest BCUT2D eigenvalue weighted by Crippen LogP contribution is -2.44. The highest BCUT2D eigenvalue weighted by Crippen LogP contribution is 2.38. The van der Waals surface area contributed by atoms with Crippen molar-refractivity contribution < 1.29 is 4.79 Å². The summed E-state index contributed by atoms with van der Waals surface area (Å²) in [4.78, 5) is 15.0. The van der Waals surface area contributed by atoms with E-state index in [1.807, 2.05) is 0 Å². The van der Waals surface area contributed by atoms with Gasteiger partial charge in [0.2, 0.25) is 5.91 Å². The van der Waals surface area contributed by atoms with Crippen LogP contribution in [0, 0.1) is 17.8 Å². The molecule has 0 aromatic heterocycles. The van der Waals surface area contributed by atoms with Crippen LogP contribution in [0.2, 0.25) is 0 Å². The highest BCUT2D eigenvalue weighted by atomic mass is 16.2. The molecule has 3 nitrogen and oxygen atoms in total. The van der Waals surface area contributed by atoms with Gasteiger partial charge in [0.15, 0.2) is 0 Å². The molecule has 0 bridgehead atoms. The Morgan fingerprint density at radius 3 is 2.10 bits per heavy atom. The fourth-order valence-electron chi connectivity index (χ4n) is 5.32. The Balaban J connectivity index is 1.38. The van der Waals surface area contributed by atoms with Gasteiger partial charge in [0.05, 0.1) is 6.04 Å². The molecule has 2 saturated heterocycles. The van der Waals surface area contributed by atoms with E-state index in [0.29, 0.717) is 11.9 Å². The summed E-state index contributed by atoms with van der Waals surface area (Å²) in [6.07, 6.45) is 11.9. The third kappa shape index (κ3) is 2.28. The minimum atomic E-state index is 0.142. The summed E-state index contributed by atoms with van der Waals surface area (Å²) >= 11 is 0. The van der Waals surface area contributed by atoms with Crippen LogP contribution in [0.15, 0.2) is 0 Å². The SMILES string of the molecule is O=C(C1CC2CCCCC2N1)N1CC2CCCCC2C1. The largest absolute Gasteiger partial charge is 0.341 e. The third-order valence-corrected chi connectivity index (χ3v) is 6.45. The lowest BCUT2D eigenvalue weighted by molar-refractivity contribution is -0.132.